The Labute approximate surface area is 152 Å². The van der Waals surface area contributed by atoms with Crippen LogP contribution in [0.15, 0.2) is 60.7 Å². The second-order valence-electron chi connectivity index (χ2n) is 6.01. The van der Waals surface area contributed by atoms with Crippen LogP contribution in [0.2, 0.25) is 0 Å². The summed E-state index contributed by atoms with van der Waals surface area (Å²) in [5.41, 5.74) is 1.84. The molecule has 0 aliphatic heterocycles. The molecule has 0 aliphatic rings. The molecule has 2 N–H and O–H groups in total. The van der Waals surface area contributed by atoms with Gasteiger partial charge in [0.2, 0.25) is 0 Å². The van der Waals surface area contributed by atoms with Gasteiger partial charge < -0.3 is 15.4 Å². The standard InChI is InChI=1S/C21H21FN2O2/c1-26-20-9-7-16(13-19(20)22)14-24-21(25)23-11-10-15-6-8-17-4-2-3-5-18(17)12-15/h2-9,12-13H,10-11,14H2,1H3,(H2,23,24,25). The predicted octanol–water partition coefficient (Wildman–Crippen LogP) is 4.03. The van der Waals surface area contributed by atoms with Crippen molar-refractivity contribution < 1.29 is 13.9 Å². The van der Waals surface area contributed by atoms with E-state index in [0.29, 0.717) is 12.1 Å². The van der Waals surface area contributed by atoms with E-state index in [4.69, 9.17) is 4.74 Å². The lowest BCUT2D eigenvalue weighted by molar-refractivity contribution is 0.240. The number of hydrogen-bond donors (Lipinski definition) is 2. The first kappa shape index (κ1) is 17.7. The van der Waals surface area contributed by atoms with Crippen LogP contribution in [0.3, 0.4) is 0 Å². The SMILES string of the molecule is COc1ccc(CNC(=O)NCCc2ccc3ccccc3c2)cc1F. The van der Waals surface area contributed by atoms with E-state index in [1.54, 1.807) is 12.1 Å². The third kappa shape index (κ3) is 4.51. The van der Waals surface area contributed by atoms with E-state index in [1.165, 1.54) is 29.5 Å². The maximum Gasteiger partial charge on any atom is 0.315 e. The molecule has 0 saturated heterocycles. The third-order valence-electron chi connectivity index (χ3n) is 4.18. The molecule has 0 aromatic heterocycles. The monoisotopic (exact) mass is 352 g/mol. The van der Waals surface area contributed by atoms with Gasteiger partial charge in [-0.05, 0) is 40.5 Å². The number of nitrogens with one attached hydrogen (secondary N) is 2. The molecule has 2 amide bonds. The molecule has 0 atom stereocenters. The highest BCUT2D eigenvalue weighted by Crippen LogP contribution is 2.17. The van der Waals surface area contributed by atoms with Crippen molar-refractivity contribution in [3.63, 3.8) is 0 Å². The molecular formula is C21H21FN2O2. The summed E-state index contributed by atoms with van der Waals surface area (Å²) in [5.74, 6) is -0.253. The summed E-state index contributed by atoms with van der Waals surface area (Å²) in [6.07, 6.45) is 0.745. The summed E-state index contributed by atoms with van der Waals surface area (Å²) in [4.78, 5) is 11.9. The number of rotatable bonds is 6. The molecule has 0 fully saturated rings. The van der Waals surface area contributed by atoms with Crippen molar-refractivity contribution in [1.82, 2.24) is 10.6 Å². The van der Waals surface area contributed by atoms with Crippen molar-refractivity contribution in [3.05, 3.63) is 77.6 Å². The van der Waals surface area contributed by atoms with Crippen LogP contribution in [0.5, 0.6) is 5.75 Å². The van der Waals surface area contributed by atoms with Gasteiger partial charge in [-0.25, -0.2) is 9.18 Å². The van der Waals surface area contributed by atoms with Gasteiger partial charge in [-0.1, -0.05) is 48.5 Å². The lowest BCUT2D eigenvalue weighted by Crippen LogP contribution is -2.36. The van der Waals surface area contributed by atoms with Gasteiger partial charge >= 0.3 is 6.03 Å². The number of fused-ring (bicyclic) bond motifs is 1. The molecular weight excluding hydrogens is 331 g/mol. The Bertz CT molecular complexity index is 911. The molecule has 0 heterocycles. The van der Waals surface area contributed by atoms with Gasteiger partial charge in [0.25, 0.3) is 0 Å². The molecule has 0 radical (unpaired) electrons. The average Bonchev–Trinajstić information content (AvgIpc) is 2.66. The topological polar surface area (TPSA) is 50.4 Å². The van der Waals surface area contributed by atoms with Crippen molar-refractivity contribution in [2.24, 2.45) is 0 Å². The molecule has 5 heteroatoms. The number of ether oxygens (including phenoxy) is 1. The second-order valence-corrected chi connectivity index (χ2v) is 6.01. The molecule has 0 saturated carbocycles. The molecule has 26 heavy (non-hydrogen) atoms. The Morgan fingerprint density at radius 3 is 2.50 bits per heavy atom. The van der Waals surface area contributed by atoms with E-state index >= 15 is 0 Å². The van der Waals surface area contributed by atoms with Crippen molar-refractivity contribution in [1.29, 1.82) is 0 Å². The molecule has 3 aromatic carbocycles. The average molecular weight is 352 g/mol. The van der Waals surface area contributed by atoms with E-state index in [1.807, 2.05) is 12.1 Å². The van der Waals surface area contributed by atoms with Gasteiger partial charge in [0, 0.05) is 13.1 Å². The van der Waals surface area contributed by atoms with Crippen LogP contribution < -0.4 is 15.4 Å². The Hall–Kier alpha value is -3.08. The van der Waals surface area contributed by atoms with Crippen molar-refractivity contribution in [2.45, 2.75) is 13.0 Å². The van der Waals surface area contributed by atoms with Gasteiger partial charge in [0.15, 0.2) is 11.6 Å². The molecule has 0 unspecified atom stereocenters. The second kappa shape index (κ2) is 8.34. The lowest BCUT2D eigenvalue weighted by Gasteiger charge is -2.09. The molecule has 4 nitrogen and oxygen atoms in total. The summed E-state index contributed by atoms with van der Waals surface area (Å²) in [6, 6.07) is 18.8. The van der Waals surface area contributed by atoms with Crippen molar-refractivity contribution in [2.75, 3.05) is 13.7 Å². The van der Waals surface area contributed by atoms with E-state index in [0.717, 1.165) is 6.42 Å². The first-order chi connectivity index (χ1) is 12.7. The molecule has 0 bridgehead atoms. The fraction of sp³-hybridized carbons (Fsp3) is 0.190. The van der Waals surface area contributed by atoms with E-state index < -0.39 is 5.82 Å². The normalized spacial score (nSPS) is 10.5. The van der Waals surface area contributed by atoms with E-state index in [2.05, 4.69) is 41.0 Å². The minimum atomic E-state index is -0.441. The fourth-order valence-corrected chi connectivity index (χ4v) is 2.78. The van der Waals surface area contributed by atoms with Gasteiger partial charge in [-0.3, -0.25) is 0 Å². The molecule has 3 rings (SSSR count). The van der Waals surface area contributed by atoms with E-state index in [9.17, 15) is 9.18 Å². The minimum Gasteiger partial charge on any atom is -0.494 e. The smallest absolute Gasteiger partial charge is 0.315 e. The zero-order chi connectivity index (χ0) is 18.4. The number of carbonyl (C=O) groups excluding carboxylic acids is 1. The van der Waals surface area contributed by atoms with Gasteiger partial charge in [-0.2, -0.15) is 0 Å². The quantitative estimate of drug-likeness (QED) is 0.704. The third-order valence-corrected chi connectivity index (χ3v) is 4.18. The minimum absolute atomic E-state index is 0.189. The summed E-state index contributed by atoms with van der Waals surface area (Å²) in [6.45, 7) is 0.782. The summed E-state index contributed by atoms with van der Waals surface area (Å²) in [7, 11) is 1.42. The van der Waals surface area contributed by atoms with Gasteiger partial charge in [0.1, 0.15) is 0 Å². The first-order valence-corrected chi connectivity index (χ1v) is 8.47. The molecule has 0 aliphatic carbocycles. The number of amides is 2. The van der Waals surface area contributed by atoms with Gasteiger partial charge in [-0.15, -0.1) is 0 Å². The van der Waals surface area contributed by atoms with Crippen LogP contribution in [0.25, 0.3) is 10.8 Å². The maximum atomic E-state index is 13.6. The molecule has 3 aromatic rings. The number of benzene rings is 3. The van der Waals surface area contributed by atoms with Crippen LogP contribution in [0.1, 0.15) is 11.1 Å². The number of halogens is 1. The fourth-order valence-electron chi connectivity index (χ4n) is 2.78. The highest BCUT2D eigenvalue weighted by atomic mass is 19.1. The number of carbonyl (C=O) groups is 1. The number of urea groups is 1. The number of methoxy groups -OCH3 is 1. The van der Waals surface area contributed by atoms with E-state index in [-0.39, 0.29) is 18.3 Å². The Kier molecular flexibility index (Phi) is 5.69. The maximum absolute atomic E-state index is 13.6. The molecule has 0 spiro atoms. The van der Waals surface area contributed by atoms with Crippen LogP contribution in [0, 0.1) is 5.82 Å². The Morgan fingerprint density at radius 1 is 0.962 bits per heavy atom. The van der Waals surface area contributed by atoms with Crippen LogP contribution in [0.4, 0.5) is 9.18 Å². The van der Waals surface area contributed by atoms with Crippen LogP contribution in [-0.4, -0.2) is 19.7 Å². The summed E-state index contributed by atoms with van der Waals surface area (Å²) < 4.78 is 18.5. The van der Waals surface area contributed by atoms with Crippen LogP contribution in [-0.2, 0) is 13.0 Å². The lowest BCUT2D eigenvalue weighted by atomic mass is 10.1. The highest BCUT2D eigenvalue weighted by molar-refractivity contribution is 5.83. The first-order valence-electron chi connectivity index (χ1n) is 8.47. The van der Waals surface area contributed by atoms with Crippen LogP contribution >= 0.6 is 0 Å². The zero-order valence-corrected chi connectivity index (χ0v) is 14.6. The Morgan fingerprint density at radius 2 is 1.73 bits per heavy atom. The Balaban J connectivity index is 1.45. The largest absolute Gasteiger partial charge is 0.494 e. The van der Waals surface area contributed by atoms with Gasteiger partial charge in [0.05, 0.1) is 7.11 Å². The van der Waals surface area contributed by atoms with Crippen molar-refractivity contribution >= 4 is 16.8 Å². The van der Waals surface area contributed by atoms with Crippen molar-refractivity contribution in [3.8, 4) is 5.75 Å². The number of hydrogen-bond acceptors (Lipinski definition) is 2. The molecule has 134 valence electrons. The predicted molar refractivity (Wildman–Crippen MR) is 101 cm³/mol. The highest BCUT2D eigenvalue weighted by Gasteiger charge is 2.05. The summed E-state index contributed by atoms with van der Waals surface area (Å²) >= 11 is 0. The summed E-state index contributed by atoms with van der Waals surface area (Å²) in [5, 5.41) is 7.93. The zero-order valence-electron chi connectivity index (χ0n) is 14.6.